The Morgan fingerprint density at radius 3 is 3.06 bits per heavy atom. The van der Waals surface area contributed by atoms with Gasteiger partial charge >= 0.3 is 0 Å². The highest BCUT2D eigenvalue weighted by Gasteiger charge is 2.34. The monoisotopic (exact) mass is 262 g/mol. The summed E-state index contributed by atoms with van der Waals surface area (Å²) < 4.78 is 0. The standard InChI is InChI=1S/C12H14N4OS/c13-11-15-7-4-5-12(14,6-8(7)18-11)9-2-1-3-10(17)16-9/h1-3H,4-6,14H2,(H2,13,15)(H,16,17). The second-order valence-electron chi connectivity index (χ2n) is 4.68. The molecule has 18 heavy (non-hydrogen) atoms. The third-order valence-corrected chi connectivity index (χ3v) is 4.31. The largest absolute Gasteiger partial charge is 0.375 e. The molecular weight excluding hydrogens is 248 g/mol. The van der Waals surface area contributed by atoms with Crippen molar-refractivity contribution in [2.75, 3.05) is 5.73 Å². The van der Waals surface area contributed by atoms with Crippen LogP contribution in [0.25, 0.3) is 0 Å². The summed E-state index contributed by atoms with van der Waals surface area (Å²) in [5.41, 5.74) is 13.4. The van der Waals surface area contributed by atoms with Crippen LogP contribution in [0.15, 0.2) is 23.0 Å². The van der Waals surface area contributed by atoms with E-state index in [1.54, 1.807) is 6.07 Å². The van der Waals surface area contributed by atoms with Crippen molar-refractivity contribution in [3.63, 3.8) is 0 Å². The van der Waals surface area contributed by atoms with E-state index in [4.69, 9.17) is 11.5 Å². The Hall–Kier alpha value is -1.66. The second-order valence-corrected chi connectivity index (χ2v) is 5.80. The van der Waals surface area contributed by atoms with Crippen LogP contribution in [-0.4, -0.2) is 9.97 Å². The topological polar surface area (TPSA) is 97.8 Å². The van der Waals surface area contributed by atoms with Crippen LogP contribution < -0.4 is 17.0 Å². The van der Waals surface area contributed by atoms with E-state index in [0.717, 1.165) is 29.1 Å². The zero-order valence-corrected chi connectivity index (χ0v) is 10.6. The van der Waals surface area contributed by atoms with Crippen LogP contribution in [0.3, 0.4) is 0 Å². The molecule has 5 N–H and O–H groups in total. The maximum atomic E-state index is 11.4. The number of aryl methyl sites for hydroxylation is 1. The molecule has 2 heterocycles. The molecule has 0 saturated heterocycles. The van der Waals surface area contributed by atoms with E-state index < -0.39 is 5.54 Å². The summed E-state index contributed by atoms with van der Waals surface area (Å²) in [6.45, 7) is 0. The lowest BCUT2D eigenvalue weighted by molar-refractivity contribution is 0.375. The molecule has 1 atom stereocenters. The van der Waals surface area contributed by atoms with Crippen LogP contribution in [0.5, 0.6) is 0 Å². The average molecular weight is 262 g/mol. The lowest BCUT2D eigenvalue weighted by atomic mass is 9.81. The Labute approximate surface area is 108 Å². The number of nitrogens with zero attached hydrogens (tertiary/aromatic N) is 1. The molecule has 94 valence electrons. The van der Waals surface area contributed by atoms with E-state index in [2.05, 4.69) is 9.97 Å². The van der Waals surface area contributed by atoms with Gasteiger partial charge in [-0.25, -0.2) is 4.98 Å². The van der Waals surface area contributed by atoms with Crippen LogP contribution in [0, 0.1) is 0 Å². The number of pyridine rings is 1. The highest BCUT2D eigenvalue weighted by Crippen LogP contribution is 2.36. The summed E-state index contributed by atoms with van der Waals surface area (Å²) in [7, 11) is 0. The first-order valence-electron chi connectivity index (χ1n) is 5.80. The summed E-state index contributed by atoms with van der Waals surface area (Å²) in [4.78, 5) is 19.6. The Balaban J connectivity index is 2.01. The molecule has 0 spiro atoms. The molecule has 1 unspecified atom stereocenters. The van der Waals surface area contributed by atoms with Crippen LogP contribution in [-0.2, 0) is 18.4 Å². The first kappa shape index (κ1) is 11.4. The third-order valence-electron chi connectivity index (χ3n) is 3.38. The summed E-state index contributed by atoms with van der Waals surface area (Å²) >= 11 is 1.49. The summed E-state index contributed by atoms with van der Waals surface area (Å²) in [5, 5.41) is 0.589. The van der Waals surface area contributed by atoms with Gasteiger partial charge in [-0.05, 0) is 18.9 Å². The quantitative estimate of drug-likeness (QED) is 0.706. The van der Waals surface area contributed by atoms with Crippen molar-refractivity contribution >= 4 is 16.5 Å². The zero-order valence-electron chi connectivity index (χ0n) is 9.77. The van der Waals surface area contributed by atoms with E-state index in [1.807, 2.05) is 6.07 Å². The Bertz CT molecular complexity index is 648. The van der Waals surface area contributed by atoms with Gasteiger partial charge in [0.2, 0.25) is 5.56 Å². The van der Waals surface area contributed by atoms with Gasteiger partial charge in [-0.15, -0.1) is 11.3 Å². The first-order valence-corrected chi connectivity index (χ1v) is 6.61. The van der Waals surface area contributed by atoms with Crippen molar-refractivity contribution in [1.82, 2.24) is 9.97 Å². The summed E-state index contributed by atoms with van der Waals surface area (Å²) in [6, 6.07) is 5.10. The maximum absolute atomic E-state index is 11.4. The highest BCUT2D eigenvalue weighted by molar-refractivity contribution is 7.15. The van der Waals surface area contributed by atoms with E-state index in [9.17, 15) is 4.79 Å². The van der Waals surface area contributed by atoms with Crippen LogP contribution in [0.2, 0.25) is 0 Å². The van der Waals surface area contributed by atoms with Gasteiger partial charge in [0.05, 0.1) is 11.2 Å². The minimum absolute atomic E-state index is 0.119. The summed E-state index contributed by atoms with van der Waals surface area (Å²) in [6.07, 6.45) is 2.25. The lowest BCUT2D eigenvalue weighted by Gasteiger charge is -2.32. The summed E-state index contributed by atoms with van der Waals surface area (Å²) in [5.74, 6) is 0. The average Bonchev–Trinajstić information content (AvgIpc) is 2.68. The zero-order chi connectivity index (χ0) is 12.8. The fourth-order valence-corrected chi connectivity index (χ4v) is 3.42. The SMILES string of the molecule is Nc1nc2c(s1)CC(N)(c1cccc(=O)[nH]1)CC2. The van der Waals surface area contributed by atoms with Crippen molar-refractivity contribution in [2.24, 2.45) is 5.73 Å². The molecule has 1 aliphatic rings. The van der Waals surface area contributed by atoms with Crippen LogP contribution in [0.4, 0.5) is 5.13 Å². The lowest BCUT2D eigenvalue weighted by Crippen LogP contribution is -2.43. The number of anilines is 1. The fourth-order valence-electron chi connectivity index (χ4n) is 2.42. The third kappa shape index (κ3) is 1.83. The molecule has 2 aromatic rings. The van der Waals surface area contributed by atoms with Gasteiger partial charge in [0.25, 0.3) is 0 Å². The molecule has 0 amide bonds. The van der Waals surface area contributed by atoms with Crippen molar-refractivity contribution in [3.8, 4) is 0 Å². The van der Waals surface area contributed by atoms with Crippen molar-refractivity contribution in [2.45, 2.75) is 24.8 Å². The Morgan fingerprint density at radius 1 is 1.44 bits per heavy atom. The Morgan fingerprint density at radius 2 is 2.28 bits per heavy atom. The number of thiazole rings is 1. The number of aromatic nitrogens is 2. The molecule has 2 aromatic heterocycles. The maximum Gasteiger partial charge on any atom is 0.248 e. The number of hydrogen-bond acceptors (Lipinski definition) is 5. The van der Waals surface area contributed by atoms with Gasteiger partial charge in [0, 0.05) is 23.1 Å². The van der Waals surface area contributed by atoms with Gasteiger partial charge in [0.15, 0.2) is 5.13 Å². The second kappa shape index (κ2) is 3.93. The molecule has 0 aliphatic heterocycles. The fraction of sp³-hybridized carbons (Fsp3) is 0.333. The number of fused-ring (bicyclic) bond motifs is 1. The highest BCUT2D eigenvalue weighted by atomic mass is 32.1. The first-order chi connectivity index (χ1) is 8.57. The molecule has 0 fully saturated rings. The number of aromatic amines is 1. The predicted octanol–water partition coefficient (Wildman–Crippen LogP) is 0.756. The number of nitrogens with one attached hydrogen (secondary N) is 1. The van der Waals surface area contributed by atoms with Gasteiger partial charge < -0.3 is 16.5 Å². The molecule has 0 bridgehead atoms. The van der Waals surface area contributed by atoms with Crippen LogP contribution in [0.1, 0.15) is 22.7 Å². The number of H-pyrrole nitrogens is 1. The molecule has 3 rings (SSSR count). The van der Waals surface area contributed by atoms with E-state index in [1.165, 1.54) is 17.4 Å². The van der Waals surface area contributed by atoms with E-state index in [-0.39, 0.29) is 5.56 Å². The molecular formula is C12H14N4OS. The molecule has 0 saturated carbocycles. The number of hydrogen-bond donors (Lipinski definition) is 3. The van der Waals surface area contributed by atoms with E-state index in [0.29, 0.717) is 11.6 Å². The minimum Gasteiger partial charge on any atom is -0.375 e. The van der Waals surface area contributed by atoms with Crippen molar-refractivity contribution in [1.29, 1.82) is 0 Å². The van der Waals surface area contributed by atoms with Crippen molar-refractivity contribution < 1.29 is 0 Å². The normalized spacial score (nSPS) is 22.7. The van der Waals surface area contributed by atoms with Gasteiger partial charge in [-0.1, -0.05) is 6.07 Å². The van der Waals surface area contributed by atoms with Crippen LogP contribution >= 0.6 is 11.3 Å². The number of nitrogen functional groups attached to an aromatic ring is 1. The van der Waals surface area contributed by atoms with Gasteiger partial charge in [-0.3, -0.25) is 4.79 Å². The predicted molar refractivity (Wildman–Crippen MR) is 71.5 cm³/mol. The van der Waals surface area contributed by atoms with Crippen molar-refractivity contribution in [3.05, 3.63) is 44.8 Å². The number of rotatable bonds is 1. The van der Waals surface area contributed by atoms with Gasteiger partial charge in [0.1, 0.15) is 0 Å². The Kier molecular flexibility index (Phi) is 2.49. The molecule has 6 heteroatoms. The molecule has 5 nitrogen and oxygen atoms in total. The smallest absolute Gasteiger partial charge is 0.248 e. The van der Waals surface area contributed by atoms with Gasteiger partial charge in [-0.2, -0.15) is 0 Å². The molecule has 0 aromatic carbocycles. The minimum atomic E-state index is -0.521. The molecule has 0 radical (unpaired) electrons. The van der Waals surface area contributed by atoms with E-state index >= 15 is 0 Å². The number of nitrogens with two attached hydrogens (primary N) is 2. The molecule has 1 aliphatic carbocycles.